The van der Waals surface area contributed by atoms with Crippen molar-refractivity contribution in [2.75, 3.05) is 7.11 Å². The van der Waals surface area contributed by atoms with Crippen molar-refractivity contribution in [2.24, 2.45) is 0 Å². The molecule has 0 N–H and O–H groups in total. The van der Waals surface area contributed by atoms with E-state index >= 15 is 0 Å². The van der Waals surface area contributed by atoms with Gasteiger partial charge in [-0.25, -0.2) is 4.39 Å². The van der Waals surface area contributed by atoms with E-state index in [9.17, 15) is 9.18 Å². The second-order valence-electron chi connectivity index (χ2n) is 5.51. The molecule has 20 heavy (non-hydrogen) atoms. The fourth-order valence-corrected chi connectivity index (χ4v) is 3.60. The van der Waals surface area contributed by atoms with E-state index in [4.69, 9.17) is 16.3 Å². The van der Waals surface area contributed by atoms with Crippen LogP contribution in [0.2, 0.25) is 5.02 Å². The Bertz CT molecular complexity index is 523. The van der Waals surface area contributed by atoms with Gasteiger partial charge in [0.1, 0.15) is 11.9 Å². The Kier molecular flexibility index (Phi) is 3.59. The quantitative estimate of drug-likeness (QED) is 0.837. The van der Waals surface area contributed by atoms with E-state index in [0.29, 0.717) is 29.2 Å². The Morgan fingerprint density at radius 1 is 1.35 bits per heavy atom. The third-order valence-electron chi connectivity index (χ3n) is 4.30. The number of hydrogen-bond donors (Lipinski definition) is 0. The molecule has 2 unspecified atom stereocenters. The highest BCUT2D eigenvalue weighted by Crippen LogP contribution is 2.39. The van der Waals surface area contributed by atoms with Gasteiger partial charge in [0.25, 0.3) is 5.91 Å². The van der Waals surface area contributed by atoms with E-state index in [0.717, 1.165) is 12.8 Å². The van der Waals surface area contributed by atoms with Gasteiger partial charge in [0.15, 0.2) is 0 Å². The third kappa shape index (κ3) is 2.26. The maximum atomic E-state index is 13.6. The molecule has 2 aliphatic heterocycles. The summed E-state index contributed by atoms with van der Waals surface area (Å²) in [5.74, 6) is 0.421. The maximum Gasteiger partial charge on any atom is 0.258 e. The minimum Gasteiger partial charge on any atom is -0.496 e. The largest absolute Gasteiger partial charge is 0.496 e. The first-order chi connectivity index (χ1) is 9.60. The molecule has 3 nitrogen and oxygen atoms in total. The molecule has 2 bridgehead atoms. The number of hydrogen-bond acceptors (Lipinski definition) is 2. The molecule has 0 saturated carbocycles. The lowest BCUT2D eigenvalue weighted by Gasteiger charge is -2.36. The first kappa shape index (κ1) is 13.7. The number of benzene rings is 1. The average molecular weight is 298 g/mol. The van der Waals surface area contributed by atoms with Crippen molar-refractivity contribution in [3.8, 4) is 5.75 Å². The number of carbonyl (C=O) groups excluding carboxylic acids is 1. The van der Waals surface area contributed by atoms with Crippen molar-refractivity contribution >= 4 is 17.5 Å². The molecule has 0 aliphatic carbocycles. The zero-order chi connectivity index (χ0) is 14.3. The molecule has 5 heteroatoms. The van der Waals surface area contributed by atoms with Crippen molar-refractivity contribution in [2.45, 2.75) is 43.9 Å². The number of rotatable bonds is 2. The molecule has 108 valence electrons. The Labute approximate surface area is 122 Å². The Morgan fingerprint density at radius 2 is 2.00 bits per heavy atom. The minimum atomic E-state index is -0.780. The van der Waals surface area contributed by atoms with Crippen LogP contribution < -0.4 is 4.74 Å². The summed E-state index contributed by atoms with van der Waals surface area (Å²) >= 11 is 5.98. The number of halogens is 2. The van der Waals surface area contributed by atoms with E-state index in [1.807, 2.05) is 4.90 Å². The summed E-state index contributed by atoms with van der Waals surface area (Å²) < 4.78 is 18.8. The molecule has 1 amide bonds. The summed E-state index contributed by atoms with van der Waals surface area (Å²) in [6, 6.07) is 5.04. The normalized spacial score (nSPS) is 28.6. The molecule has 1 aromatic carbocycles. The minimum absolute atomic E-state index is 0.0138. The fraction of sp³-hybridized carbons (Fsp3) is 0.533. The van der Waals surface area contributed by atoms with Crippen molar-refractivity contribution in [1.29, 1.82) is 0 Å². The Morgan fingerprint density at radius 3 is 2.60 bits per heavy atom. The molecule has 1 aromatic rings. The number of carbonyl (C=O) groups is 1. The summed E-state index contributed by atoms with van der Waals surface area (Å²) in [6.45, 7) is 0. The van der Waals surface area contributed by atoms with Crippen molar-refractivity contribution in [1.82, 2.24) is 4.90 Å². The lowest BCUT2D eigenvalue weighted by atomic mass is 9.99. The highest BCUT2D eigenvalue weighted by Gasteiger charge is 2.44. The van der Waals surface area contributed by atoms with E-state index in [-0.39, 0.29) is 18.0 Å². The molecule has 0 aromatic heterocycles. The van der Waals surface area contributed by atoms with Crippen LogP contribution >= 0.6 is 11.6 Å². The highest BCUT2D eigenvalue weighted by atomic mass is 35.5. The van der Waals surface area contributed by atoms with Gasteiger partial charge in [0.05, 0.1) is 12.7 Å². The number of nitrogens with zero attached hydrogens (tertiary/aromatic N) is 1. The number of piperidine rings is 1. The summed E-state index contributed by atoms with van der Waals surface area (Å²) in [5.41, 5.74) is 0.467. The van der Waals surface area contributed by atoms with Gasteiger partial charge in [-0.3, -0.25) is 4.79 Å². The van der Waals surface area contributed by atoms with Gasteiger partial charge in [0.2, 0.25) is 0 Å². The van der Waals surface area contributed by atoms with Gasteiger partial charge >= 0.3 is 0 Å². The smallest absolute Gasteiger partial charge is 0.258 e. The highest BCUT2D eigenvalue weighted by molar-refractivity contribution is 6.31. The van der Waals surface area contributed by atoms with Crippen molar-refractivity contribution < 1.29 is 13.9 Å². The number of alkyl halides is 1. The number of amides is 1. The number of methoxy groups -OCH3 is 1. The van der Waals surface area contributed by atoms with Crippen LogP contribution in [0, 0.1) is 0 Å². The molecular weight excluding hydrogens is 281 g/mol. The summed E-state index contributed by atoms with van der Waals surface area (Å²) in [4.78, 5) is 14.6. The summed E-state index contributed by atoms with van der Waals surface area (Å²) in [5, 5.41) is 0.502. The standard InChI is InChI=1S/C15H17ClFNO2/c1-20-14-5-2-9(16)6-13(14)15(19)18-11-3-4-12(18)8-10(17)7-11/h2,5-6,10-12H,3-4,7-8H2,1H3. The molecule has 2 atom stereocenters. The van der Waals surface area contributed by atoms with Crippen molar-refractivity contribution in [3.05, 3.63) is 28.8 Å². The second kappa shape index (κ2) is 5.24. The van der Waals surface area contributed by atoms with Gasteiger partial charge in [0, 0.05) is 17.1 Å². The van der Waals surface area contributed by atoms with Crippen LogP contribution in [-0.4, -0.2) is 36.2 Å². The molecule has 2 aliphatic rings. The molecule has 0 radical (unpaired) electrons. The van der Waals surface area contributed by atoms with E-state index in [1.165, 1.54) is 7.11 Å². The first-order valence-electron chi connectivity index (χ1n) is 6.90. The fourth-order valence-electron chi connectivity index (χ4n) is 3.43. The Balaban J connectivity index is 1.92. The van der Waals surface area contributed by atoms with Crippen LogP contribution in [0.5, 0.6) is 5.75 Å². The zero-order valence-electron chi connectivity index (χ0n) is 11.3. The molecular formula is C15H17ClFNO2. The second-order valence-corrected chi connectivity index (χ2v) is 5.95. The molecule has 3 rings (SSSR count). The molecule has 2 heterocycles. The monoisotopic (exact) mass is 297 g/mol. The lowest BCUT2D eigenvalue weighted by molar-refractivity contribution is 0.0476. The molecule has 2 fully saturated rings. The topological polar surface area (TPSA) is 29.5 Å². The van der Waals surface area contributed by atoms with E-state index < -0.39 is 6.17 Å². The van der Waals surface area contributed by atoms with Gasteiger partial charge in [-0.05, 0) is 43.9 Å². The maximum absolute atomic E-state index is 13.6. The zero-order valence-corrected chi connectivity index (χ0v) is 12.1. The van der Waals surface area contributed by atoms with Crippen LogP contribution in [0.4, 0.5) is 4.39 Å². The van der Waals surface area contributed by atoms with Crippen LogP contribution in [0.3, 0.4) is 0 Å². The van der Waals surface area contributed by atoms with Gasteiger partial charge in [-0.2, -0.15) is 0 Å². The SMILES string of the molecule is COc1ccc(Cl)cc1C(=O)N1C2CCC1CC(F)C2. The predicted octanol–water partition coefficient (Wildman–Crippen LogP) is 3.45. The number of ether oxygens (including phenoxy) is 1. The van der Waals surface area contributed by atoms with E-state index in [2.05, 4.69) is 0 Å². The van der Waals surface area contributed by atoms with Crippen LogP contribution in [-0.2, 0) is 0 Å². The van der Waals surface area contributed by atoms with Crippen LogP contribution in [0.25, 0.3) is 0 Å². The summed E-state index contributed by atoms with van der Waals surface area (Å²) in [7, 11) is 1.53. The molecule has 0 spiro atoms. The van der Waals surface area contributed by atoms with E-state index in [1.54, 1.807) is 18.2 Å². The van der Waals surface area contributed by atoms with Gasteiger partial charge < -0.3 is 9.64 Å². The average Bonchev–Trinajstić information content (AvgIpc) is 2.70. The number of fused-ring (bicyclic) bond motifs is 2. The predicted molar refractivity (Wildman–Crippen MR) is 75.1 cm³/mol. The van der Waals surface area contributed by atoms with Gasteiger partial charge in [-0.15, -0.1) is 0 Å². The van der Waals surface area contributed by atoms with Crippen molar-refractivity contribution in [3.63, 3.8) is 0 Å². The Hall–Kier alpha value is -1.29. The van der Waals surface area contributed by atoms with Crippen LogP contribution in [0.15, 0.2) is 18.2 Å². The first-order valence-corrected chi connectivity index (χ1v) is 7.28. The van der Waals surface area contributed by atoms with Crippen LogP contribution in [0.1, 0.15) is 36.0 Å². The van der Waals surface area contributed by atoms with Gasteiger partial charge in [-0.1, -0.05) is 11.6 Å². The molecule has 2 saturated heterocycles. The summed E-state index contributed by atoms with van der Waals surface area (Å²) in [6.07, 6.45) is 1.90. The third-order valence-corrected chi connectivity index (χ3v) is 4.54. The lowest BCUT2D eigenvalue weighted by Crippen LogP contribution is -2.47.